The molecule has 0 atom stereocenters. The molecule has 5 nitrogen and oxygen atoms in total. The Morgan fingerprint density at radius 2 is 2.04 bits per heavy atom. The van der Waals surface area contributed by atoms with E-state index < -0.39 is 5.60 Å². The lowest BCUT2D eigenvalue weighted by atomic mass is 10.0. The Kier molecular flexibility index (Phi) is 7.76. The third-order valence-corrected chi connectivity index (χ3v) is 5.09. The van der Waals surface area contributed by atoms with Gasteiger partial charge in [0.1, 0.15) is 0 Å². The number of nitrogens with zero attached hydrogens (tertiary/aromatic N) is 1. The fourth-order valence-electron chi connectivity index (χ4n) is 3.72. The van der Waals surface area contributed by atoms with Crippen molar-refractivity contribution < 1.29 is 5.11 Å². The van der Waals surface area contributed by atoms with Crippen LogP contribution in [0.5, 0.6) is 0 Å². The molecule has 144 valence electrons. The monoisotopic (exact) mass is 470 g/mol. The first-order valence-electron chi connectivity index (χ1n) is 9.41. The second kappa shape index (κ2) is 9.60. The van der Waals surface area contributed by atoms with Gasteiger partial charge >= 0.3 is 0 Å². The normalized spacial score (nSPS) is 16.5. The number of halogens is 1. The molecule has 0 spiro atoms. The van der Waals surface area contributed by atoms with Crippen LogP contribution in [0.15, 0.2) is 29.4 Å². The van der Waals surface area contributed by atoms with Crippen molar-refractivity contribution in [3.63, 3.8) is 0 Å². The van der Waals surface area contributed by atoms with E-state index in [0.717, 1.165) is 51.2 Å². The molecule has 1 aromatic carbocycles. The molecule has 1 aliphatic carbocycles. The summed E-state index contributed by atoms with van der Waals surface area (Å²) in [6.07, 6.45) is 6.98. The van der Waals surface area contributed by atoms with Crippen LogP contribution in [0, 0.1) is 6.92 Å². The number of benzene rings is 1. The van der Waals surface area contributed by atoms with Crippen molar-refractivity contribution in [2.24, 2.45) is 4.99 Å². The van der Waals surface area contributed by atoms with E-state index in [1.54, 1.807) is 0 Å². The predicted octanol–water partition coefficient (Wildman–Crippen LogP) is 3.50. The van der Waals surface area contributed by atoms with Crippen molar-refractivity contribution in [2.75, 3.05) is 19.6 Å². The maximum atomic E-state index is 10.5. The van der Waals surface area contributed by atoms with Gasteiger partial charge in [-0.2, -0.15) is 0 Å². The number of H-pyrrole nitrogens is 1. The summed E-state index contributed by atoms with van der Waals surface area (Å²) < 4.78 is 0. The molecule has 0 radical (unpaired) electrons. The average molecular weight is 470 g/mol. The molecule has 26 heavy (non-hydrogen) atoms. The molecule has 0 saturated heterocycles. The molecule has 3 rings (SSSR count). The second-order valence-electron chi connectivity index (χ2n) is 7.11. The second-order valence-corrected chi connectivity index (χ2v) is 7.11. The van der Waals surface area contributed by atoms with Crippen LogP contribution < -0.4 is 10.6 Å². The van der Waals surface area contributed by atoms with E-state index in [2.05, 4.69) is 58.9 Å². The van der Waals surface area contributed by atoms with Gasteiger partial charge in [-0.3, -0.25) is 4.99 Å². The van der Waals surface area contributed by atoms with Crippen molar-refractivity contribution in [1.82, 2.24) is 15.6 Å². The molecule has 1 fully saturated rings. The maximum absolute atomic E-state index is 10.5. The Labute approximate surface area is 173 Å². The van der Waals surface area contributed by atoms with Crippen LogP contribution >= 0.6 is 24.0 Å². The Balaban J connectivity index is 0.00000243. The number of hydrogen-bond donors (Lipinski definition) is 4. The Bertz CT molecular complexity index is 734. The maximum Gasteiger partial charge on any atom is 0.191 e. The predicted molar refractivity (Wildman–Crippen MR) is 120 cm³/mol. The van der Waals surface area contributed by atoms with Crippen LogP contribution in [0.25, 0.3) is 10.9 Å². The number of hydrogen-bond acceptors (Lipinski definition) is 2. The first kappa shape index (κ1) is 21.0. The quantitative estimate of drug-likeness (QED) is 0.297. The standard InChI is InChI=1S/C20H30N4O.HI/c1-3-21-19(24-14-20(25)10-4-5-11-20)22-12-9-16-13-23-17-8-6-7-15(2)18(16)17;/h6-8,13,23,25H,3-5,9-12,14H2,1-2H3,(H2,21,22,24);1H. The summed E-state index contributed by atoms with van der Waals surface area (Å²) in [4.78, 5) is 7.96. The number of guanidine groups is 1. The minimum atomic E-state index is -0.601. The van der Waals surface area contributed by atoms with Crippen LogP contribution in [0.1, 0.15) is 43.7 Å². The van der Waals surface area contributed by atoms with Gasteiger partial charge in [0.25, 0.3) is 0 Å². The van der Waals surface area contributed by atoms with Gasteiger partial charge in [0.15, 0.2) is 5.96 Å². The molecule has 1 saturated carbocycles. The van der Waals surface area contributed by atoms with E-state index in [0.29, 0.717) is 6.54 Å². The zero-order valence-corrected chi connectivity index (χ0v) is 18.1. The van der Waals surface area contributed by atoms with Gasteiger partial charge < -0.3 is 20.7 Å². The van der Waals surface area contributed by atoms with Crippen LogP contribution in [-0.2, 0) is 6.42 Å². The molecule has 4 N–H and O–H groups in total. The highest BCUT2D eigenvalue weighted by atomic mass is 127. The van der Waals surface area contributed by atoms with Crippen LogP contribution in [0.2, 0.25) is 0 Å². The number of aliphatic hydroxyl groups is 1. The lowest BCUT2D eigenvalue weighted by Gasteiger charge is -2.20. The SMILES string of the molecule is CCNC(=NCC1(O)CCCC1)NCCc1c[nH]c2cccc(C)c12.I. The summed E-state index contributed by atoms with van der Waals surface area (Å²) in [5.74, 6) is 0.791. The molecule has 0 bridgehead atoms. The van der Waals surface area contributed by atoms with E-state index in [4.69, 9.17) is 0 Å². The Morgan fingerprint density at radius 3 is 2.77 bits per heavy atom. The van der Waals surface area contributed by atoms with Crippen molar-refractivity contribution >= 4 is 40.8 Å². The largest absolute Gasteiger partial charge is 0.388 e. The van der Waals surface area contributed by atoms with Gasteiger partial charge in [0.2, 0.25) is 0 Å². The summed E-state index contributed by atoms with van der Waals surface area (Å²) in [5.41, 5.74) is 3.22. The molecular formula is C20H31IN4O. The fraction of sp³-hybridized carbons (Fsp3) is 0.550. The van der Waals surface area contributed by atoms with Crippen molar-refractivity contribution in [3.8, 4) is 0 Å². The van der Waals surface area contributed by atoms with E-state index in [-0.39, 0.29) is 24.0 Å². The number of aryl methyl sites for hydroxylation is 1. The van der Waals surface area contributed by atoms with Crippen LogP contribution in [0.4, 0.5) is 0 Å². The van der Waals surface area contributed by atoms with Crippen LogP contribution in [-0.4, -0.2) is 41.3 Å². The Morgan fingerprint density at radius 1 is 1.27 bits per heavy atom. The third-order valence-electron chi connectivity index (χ3n) is 5.09. The first-order valence-corrected chi connectivity index (χ1v) is 9.41. The van der Waals surface area contributed by atoms with Crippen molar-refractivity contribution in [3.05, 3.63) is 35.5 Å². The zero-order chi connectivity index (χ0) is 17.7. The van der Waals surface area contributed by atoms with Gasteiger partial charge in [-0.25, -0.2) is 0 Å². The van der Waals surface area contributed by atoms with E-state index in [1.807, 2.05) is 0 Å². The highest BCUT2D eigenvalue weighted by Crippen LogP contribution is 2.29. The van der Waals surface area contributed by atoms with Crippen molar-refractivity contribution in [1.29, 1.82) is 0 Å². The van der Waals surface area contributed by atoms with Crippen LogP contribution in [0.3, 0.4) is 0 Å². The minimum Gasteiger partial charge on any atom is -0.388 e. The topological polar surface area (TPSA) is 72.4 Å². The van der Waals surface area contributed by atoms with E-state index in [1.165, 1.54) is 22.0 Å². The summed E-state index contributed by atoms with van der Waals surface area (Å²) >= 11 is 0. The lowest BCUT2D eigenvalue weighted by Crippen LogP contribution is -2.40. The van der Waals surface area contributed by atoms with Gasteiger partial charge in [0, 0.05) is 30.2 Å². The summed E-state index contributed by atoms with van der Waals surface area (Å²) in [6.45, 7) is 6.32. The van der Waals surface area contributed by atoms with Gasteiger partial charge in [0.05, 0.1) is 12.1 Å². The number of rotatable bonds is 6. The number of aromatic nitrogens is 1. The fourth-order valence-corrected chi connectivity index (χ4v) is 3.72. The summed E-state index contributed by atoms with van der Waals surface area (Å²) in [6, 6.07) is 6.36. The number of fused-ring (bicyclic) bond motifs is 1. The summed E-state index contributed by atoms with van der Waals surface area (Å²) in [5, 5.41) is 18.5. The third kappa shape index (κ3) is 5.13. The van der Waals surface area contributed by atoms with Crippen molar-refractivity contribution in [2.45, 2.75) is 51.6 Å². The highest BCUT2D eigenvalue weighted by molar-refractivity contribution is 14.0. The summed E-state index contributed by atoms with van der Waals surface area (Å²) in [7, 11) is 0. The lowest BCUT2D eigenvalue weighted by molar-refractivity contribution is 0.0574. The Hall–Kier alpha value is -1.28. The minimum absolute atomic E-state index is 0. The van der Waals surface area contributed by atoms with Gasteiger partial charge in [-0.1, -0.05) is 25.0 Å². The number of aromatic amines is 1. The van der Waals surface area contributed by atoms with Gasteiger partial charge in [-0.15, -0.1) is 24.0 Å². The molecular weight excluding hydrogens is 439 g/mol. The smallest absolute Gasteiger partial charge is 0.191 e. The average Bonchev–Trinajstić information content (AvgIpc) is 3.21. The molecule has 1 aliphatic rings. The molecule has 1 aromatic heterocycles. The molecule has 2 aromatic rings. The highest BCUT2D eigenvalue weighted by Gasteiger charge is 2.30. The molecule has 0 amide bonds. The number of nitrogens with one attached hydrogen (secondary N) is 3. The number of aliphatic imine (C=N–C) groups is 1. The van der Waals surface area contributed by atoms with E-state index in [9.17, 15) is 5.11 Å². The molecule has 1 heterocycles. The zero-order valence-electron chi connectivity index (χ0n) is 15.8. The molecule has 0 unspecified atom stereocenters. The molecule has 6 heteroatoms. The van der Waals surface area contributed by atoms with Gasteiger partial charge in [-0.05, 0) is 50.3 Å². The van der Waals surface area contributed by atoms with E-state index >= 15 is 0 Å². The first-order chi connectivity index (χ1) is 12.1. The molecule has 0 aliphatic heterocycles.